The number of thiophene rings is 1. The predicted molar refractivity (Wildman–Crippen MR) is 110 cm³/mol. The second-order valence-electron chi connectivity index (χ2n) is 7.27. The van der Waals surface area contributed by atoms with E-state index in [-0.39, 0.29) is 11.8 Å². The molecule has 4 nitrogen and oxygen atoms in total. The number of nitrogens with zero attached hydrogens (tertiary/aromatic N) is 2. The van der Waals surface area contributed by atoms with E-state index in [1.165, 1.54) is 16.2 Å². The molecule has 140 valence electrons. The van der Waals surface area contributed by atoms with E-state index in [4.69, 9.17) is 11.6 Å². The molecule has 6 heteroatoms. The van der Waals surface area contributed by atoms with Gasteiger partial charge in [-0.05, 0) is 54.8 Å². The van der Waals surface area contributed by atoms with Gasteiger partial charge < -0.3 is 4.90 Å². The van der Waals surface area contributed by atoms with Gasteiger partial charge in [-0.1, -0.05) is 30.7 Å². The summed E-state index contributed by atoms with van der Waals surface area (Å²) in [5, 5.41) is 2.44. The Kier molecular flexibility index (Phi) is 4.82. The lowest BCUT2D eigenvalue weighted by Gasteiger charge is -2.33. The van der Waals surface area contributed by atoms with Crippen LogP contribution in [-0.2, 0) is 9.59 Å². The lowest BCUT2D eigenvalue weighted by molar-refractivity contribution is -0.120. The molecule has 1 aromatic carbocycles. The fourth-order valence-corrected chi connectivity index (χ4v) is 4.82. The SMILES string of the molecule is Cc1ccc(Cl)cc1N1C(=O)C(c2cccs2)=C(N2CCCC(C)C2)C1=O. The van der Waals surface area contributed by atoms with Crippen LogP contribution in [0.1, 0.15) is 30.2 Å². The van der Waals surface area contributed by atoms with Crippen molar-refractivity contribution in [2.24, 2.45) is 5.92 Å². The molecule has 27 heavy (non-hydrogen) atoms. The van der Waals surface area contributed by atoms with E-state index in [0.29, 0.717) is 27.9 Å². The van der Waals surface area contributed by atoms with Crippen LogP contribution in [0.5, 0.6) is 0 Å². The molecule has 0 bridgehead atoms. The molecule has 1 saturated heterocycles. The molecule has 1 atom stereocenters. The Bertz CT molecular complexity index is 936. The zero-order chi connectivity index (χ0) is 19.1. The van der Waals surface area contributed by atoms with Gasteiger partial charge in [-0.2, -0.15) is 0 Å². The fraction of sp³-hybridized carbons (Fsp3) is 0.333. The van der Waals surface area contributed by atoms with Crippen LogP contribution in [0.25, 0.3) is 5.57 Å². The number of imide groups is 1. The number of amides is 2. The molecule has 2 aliphatic rings. The van der Waals surface area contributed by atoms with Gasteiger partial charge in [-0.25, -0.2) is 4.90 Å². The number of carbonyl (C=O) groups is 2. The van der Waals surface area contributed by atoms with Crippen molar-refractivity contribution in [3.05, 3.63) is 56.9 Å². The van der Waals surface area contributed by atoms with Crippen molar-refractivity contribution in [3.8, 4) is 0 Å². The number of rotatable bonds is 3. The van der Waals surface area contributed by atoms with Crippen LogP contribution >= 0.6 is 22.9 Å². The average molecular weight is 401 g/mol. The molecule has 0 saturated carbocycles. The quantitative estimate of drug-likeness (QED) is 0.699. The smallest absolute Gasteiger partial charge is 0.282 e. The molecule has 1 aromatic heterocycles. The van der Waals surface area contributed by atoms with Gasteiger partial charge in [-0.15, -0.1) is 11.3 Å². The second-order valence-corrected chi connectivity index (χ2v) is 8.65. The van der Waals surface area contributed by atoms with Crippen LogP contribution in [-0.4, -0.2) is 29.8 Å². The zero-order valence-electron chi connectivity index (χ0n) is 15.4. The standard InChI is InChI=1S/C21H21ClN2O2S/c1-13-5-3-9-23(12-13)19-18(17-6-4-10-27-17)20(25)24(21(19)26)16-11-15(22)8-7-14(16)2/h4,6-8,10-11,13H,3,5,9,12H2,1-2H3. The molecule has 0 spiro atoms. The first-order valence-corrected chi connectivity index (χ1v) is 10.4. The molecular formula is C21H21ClN2O2S. The van der Waals surface area contributed by atoms with E-state index in [2.05, 4.69) is 11.8 Å². The normalized spacial score (nSPS) is 20.8. The molecule has 4 rings (SSSR count). The van der Waals surface area contributed by atoms with E-state index < -0.39 is 0 Å². The van der Waals surface area contributed by atoms with Crippen LogP contribution in [0.2, 0.25) is 5.02 Å². The Morgan fingerprint density at radius 2 is 2.00 bits per heavy atom. The van der Waals surface area contributed by atoms with Gasteiger partial charge in [0, 0.05) is 23.0 Å². The Hall–Kier alpha value is -2.11. The second kappa shape index (κ2) is 7.13. The molecule has 1 fully saturated rings. The Morgan fingerprint density at radius 3 is 2.70 bits per heavy atom. The van der Waals surface area contributed by atoms with Crippen LogP contribution in [0.15, 0.2) is 41.4 Å². The minimum atomic E-state index is -0.263. The van der Waals surface area contributed by atoms with Crippen LogP contribution < -0.4 is 4.90 Å². The summed E-state index contributed by atoms with van der Waals surface area (Å²) in [6, 6.07) is 9.12. The number of hydrogen-bond donors (Lipinski definition) is 0. The maximum absolute atomic E-state index is 13.5. The van der Waals surface area contributed by atoms with E-state index in [1.54, 1.807) is 12.1 Å². The van der Waals surface area contributed by atoms with Crippen molar-refractivity contribution in [1.82, 2.24) is 4.90 Å². The molecule has 2 aromatic rings. The van der Waals surface area contributed by atoms with Gasteiger partial charge in [0.1, 0.15) is 5.70 Å². The number of hydrogen-bond acceptors (Lipinski definition) is 4. The van der Waals surface area contributed by atoms with Crippen LogP contribution in [0.4, 0.5) is 5.69 Å². The number of aryl methyl sites for hydroxylation is 1. The monoisotopic (exact) mass is 400 g/mol. The summed E-state index contributed by atoms with van der Waals surface area (Å²) in [7, 11) is 0. The summed E-state index contributed by atoms with van der Waals surface area (Å²) in [5.41, 5.74) is 2.46. The first kappa shape index (κ1) is 18.3. The highest BCUT2D eigenvalue weighted by atomic mass is 35.5. The van der Waals surface area contributed by atoms with Crippen molar-refractivity contribution in [2.45, 2.75) is 26.7 Å². The van der Waals surface area contributed by atoms with E-state index >= 15 is 0 Å². The van der Waals surface area contributed by atoms with E-state index in [9.17, 15) is 9.59 Å². The number of likely N-dealkylation sites (tertiary alicyclic amines) is 1. The number of halogens is 1. The molecule has 2 amide bonds. The number of piperidine rings is 1. The minimum Gasteiger partial charge on any atom is -0.366 e. The molecule has 0 radical (unpaired) electrons. The first-order valence-electron chi connectivity index (χ1n) is 9.15. The van der Waals surface area contributed by atoms with Gasteiger partial charge in [0.15, 0.2) is 0 Å². The summed E-state index contributed by atoms with van der Waals surface area (Å²) in [6.07, 6.45) is 2.18. The largest absolute Gasteiger partial charge is 0.366 e. The highest BCUT2D eigenvalue weighted by molar-refractivity contribution is 7.11. The van der Waals surface area contributed by atoms with E-state index in [0.717, 1.165) is 36.4 Å². The highest BCUT2D eigenvalue weighted by Crippen LogP contribution is 2.39. The van der Waals surface area contributed by atoms with Gasteiger partial charge in [0.05, 0.1) is 11.3 Å². The predicted octanol–water partition coefficient (Wildman–Crippen LogP) is 4.73. The summed E-state index contributed by atoms with van der Waals surface area (Å²) in [5.74, 6) is -0.00963. The third-order valence-electron chi connectivity index (χ3n) is 5.21. The molecular weight excluding hydrogens is 380 g/mol. The van der Waals surface area contributed by atoms with Crippen molar-refractivity contribution >= 4 is 46.0 Å². The average Bonchev–Trinajstić information content (AvgIpc) is 3.24. The Labute approximate surface area is 168 Å². The summed E-state index contributed by atoms with van der Waals surface area (Å²) < 4.78 is 0. The van der Waals surface area contributed by atoms with Crippen molar-refractivity contribution in [1.29, 1.82) is 0 Å². The topological polar surface area (TPSA) is 40.6 Å². The summed E-state index contributed by atoms with van der Waals surface area (Å²) >= 11 is 7.65. The third kappa shape index (κ3) is 3.19. The molecule has 3 heterocycles. The zero-order valence-corrected chi connectivity index (χ0v) is 16.9. The van der Waals surface area contributed by atoms with Crippen molar-refractivity contribution < 1.29 is 9.59 Å². The van der Waals surface area contributed by atoms with Gasteiger partial charge in [-0.3, -0.25) is 9.59 Å². The minimum absolute atomic E-state index is 0.247. The molecule has 0 aliphatic carbocycles. The summed E-state index contributed by atoms with van der Waals surface area (Å²) in [6.45, 7) is 5.68. The Balaban J connectivity index is 1.83. The first-order chi connectivity index (χ1) is 13.0. The number of anilines is 1. The maximum atomic E-state index is 13.5. The highest BCUT2D eigenvalue weighted by Gasteiger charge is 2.43. The third-order valence-corrected chi connectivity index (χ3v) is 6.33. The molecule has 2 aliphatic heterocycles. The molecule has 1 unspecified atom stereocenters. The van der Waals surface area contributed by atoms with Gasteiger partial charge >= 0.3 is 0 Å². The van der Waals surface area contributed by atoms with Gasteiger partial charge in [0.2, 0.25) is 0 Å². The maximum Gasteiger partial charge on any atom is 0.282 e. The number of carbonyl (C=O) groups excluding carboxylic acids is 2. The molecule has 0 N–H and O–H groups in total. The Morgan fingerprint density at radius 1 is 1.19 bits per heavy atom. The van der Waals surface area contributed by atoms with Crippen molar-refractivity contribution in [2.75, 3.05) is 18.0 Å². The van der Waals surface area contributed by atoms with Crippen molar-refractivity contribution in [3.63, 3.8) is 0 Å². The van der Waals surface area contributed by atoms with E-state index in [1.807, 2.05) is 30.5 Å². The lowest BCUT2D eigenvalue weighted by Crippen LogP contribution is -2.39. The fourth-order valence-electron chi connectivity index (χ4n) is 3.89. The lowest BCUT2D eigenvalue weighted by atomic mass is 9.99. The summed E-state index contributed by atoms with van der Waals surface area (Å²) in [4.78, 5) is 31.1. The number of benzene rings is 1. The van der Waals surface area contributed by atoms with Crippen LogP contribution in [0.3, 0.4) is 0 Å². The van der Waals surface area contributed by atoms with Crippen LogP contribution in [0, 0.1) is 12.8 Å². The van der Waals surface area contributed by atoms with Gasteiger partial charge in [0.25, 0.3) is 11.8 Å².